The fourth-order valence-corrected chi connectivity index (χ4v) is 1.80. The van der Waals surface area contributed by atoms with Crippen LogP contribution in [0.4, 0.5) is 13.2 Å². The fraction of sp³-hybridized carbons (Fsp3) is 0.231. The van der Waals surface area contributed by atoms with Gasteiger partial charge in [0.05, 0.1) is 11.3 Å². The van der Waals surface area contributed by atoms with E-state index in [1.807, 2.05) is 0 Å². The summed E-state index contributed by atoms with van der Waals surface area (Å²) in [5, 5.41) is 12.8. The van der Waals surface area contributed by atoms with Gasteiger partial charge >= 0.3 is 11.7 Å². The summed E-state index contributed by atoms with van der Waals surface area (Å²) in [7, 11) is 0. The first kappa shape index (κ1) is 14.1. The van der Waals surface area contributed by atoms with Gasteiger partial charge in [0.25, 0.3) is 0 Å². The van der Waals surface area contributed by atoms with Gasteiger partial charge in [-0.1, -0.05) is 30.0 Å². The minimum Gasteiger partial charge on any atom is -0.409 e. The molecule has 1 atom stereocenters. The van der Waals surface area contributed by atoms with Crippen molar-refractivity contribution in [1.29, 1.82) is 0 Å². The Bertz CT molecular complexity index is 680. The van der Waals surface area contributed by atoms with Crippen LogP contribution >= 0.6 is 0 Å². The van der Waals surface area contributed by atoms with Crippen LogP contribution in [0, 0.1) is 0 Å². The monoisotopic (exact) mass is 284 g/mol. The molecule has 0 saturated heterocycles. The maximum Gasteiger partial charge on any atom is 0.416 e. The van der Waals surface area contributed by atoms with Crippen molar-refractivity contribution in [2.45, 2.75) is 19.0 Å². The third-order valence-corrected chi connectivity index (χ3v) is 2.96. The Kier molecular flexibility index (Phi) is 3.52. The zero-order valence-corrected chi connectivity index (χ0v) is 10.4. The highest BCUT2D eigenvalue weighted by molar-refractivity contribution is 5.32. The molecule has 4 nitrogen and oxygen atoms in total. The van der Waals surface area contributed by atoms with Crippen LogP contribution in [-0.4, -0.2) is 15.2 Å². The summed E-state index contributed by atoms with van der Waals surface area (Å²) in [4.78, 5) is 11.2. The van der Waals surface area contributed by atoms with E-state index in [4.69, 9.17) is 0 Å². The predicted molar refractivity (Wildman–Crippen MR) is 64.6 cm³/mol. The normalized spacial score (nSPS) is 13.2. The van der Waals surface area contributed by atoms with Crippen molar-refractivity contribution < 1.29 is 18.4 Å². The second-order valence-electron chi connectivity index (χ2n) is 4.33. The summed E-state index contributed by atoms with van der Waals surface area (Å²) in [5.74, 6) is -0.490. The van der Waals surface area contributed by atoms with E-state index in [-0.39, 0.29) is 4.85 Å². The van der Waals surface area contributed by atoms with Crippen molar-refractivity contribution in [2.75, 3.05) is 0 Å². The Hall–Kier alpha value is -2.31. The molecule has 0 fully saturated rings. The van der Waals surface area contributed by atoms with Gasteiger partial charge in [0.1, 0.15) is 0 Å². The largest absolute Gasteiger partial charge is 0.416 e. The van der Waals surface area contributed by atoms with Gasteiger partial charge in [-0.15, -0.1) is 5.10 Å². The summed E-state index contributed by atoms with van der Waals surface area (Å²) in [6, 6.07) is 7.33. The molecular formula is C13H11F3N2O2. The number of hydrogen-bond donors (Lipinski definition) is 1. The summed E-state index contributed by atoms with van der Waals surface area (Å²) in [6.07, 6.45) is -4.42. The van der Waals surface area contributed by atoms with E-state index in [1.54, 1.807) is 6.92 Å². The van der Waals surface area contributed by atoms with Gasteiger partial charge in [-0.3, -0.25) is 4.79 Å². The van der Waals surface area contributed by atoms with Crippen LogP contribution in [0.25, 0.3) is 0 Å². The Balaban J connectivity index is 2.40. The second-order valence-corrected chi connectivity index (χ2v) is 4.33. The standard InChI is InChI=1S/C13H11F3N2O2/c1-8(11-5-6-12(19)18(20)17-11)9-3-2-4-10(7-9)13(14,15)16/h2-8,20H,1H3. The molecule has 0 radical (unpaired) electrons. The molecule has 0 aliphatic heterocycles. The topological polar surface area (TPSA) is 55.1 Å². The molecule has 1 N–H and O–H groups in total. The van der Waals surface area contributed by atoms with E-state index in [0.29, 0.717) is 11.3 Å². The number of aromatic nitrogens is 2. The van der Waals surface area contributed by atoms with Gasteiger partial charge in [0.15, 0.2) is 0 Å². The third kappa shape index (κ3) is 2.81. The number of benzene rings is 1. The smallest absolute Gasteiger partial charge is 0.409 e. The molecule has 2 rings (SSSR count). The van der Waals surface area contributed by atoms with Gasteiger partial charge in [0, 0.05) is 12.0 Å². The summed E-state index contributed by atoms with van der Waals surface area (Å²) in [6.45, 7) is 1.64. The zero-order valence-electron chi connectivity index (χ0n) is 10.4. The lowest BCUT2D eigenvalue weighted by Gasteiger charge is -2.14. The van der Waals surface area contributed by atoms with Crippen LogP contribution in [0.5, 0.6) is 0 Å². The molecule has 20 heavy (non-hydrogen) atoms. The van der Waals surface area contributed by atoms with Gasteiger partial charge in [-0.2, -0.15) is 13.2 Å². The van der Waals surface area contributed by atoms with Gasteiger partial charge in [-0.25, -0.2) is 0 Å². The first-order valence-corrected chi connectivity index (χ1v) is 5.76. The van der Waals surface area contributed by atoms with Crippen molar-refractivity contribution in [2.24, 2.45) is 0 Å². The molecule has 0 amide bonds. The fourth-order valence-electron chi connectivity index (χ4n) is 1.80. The minimum absolute atomic E-state index is 0.166. The molecule has 0 aliphatic carbocycles. The minimum atomic E-state index is -4.42. The van der Waals surface area contributed by atoms with Crippen LogP contribution in [0.1, 0.15) is 29.7 Å². The van der Waals surface area contributed by atoms with E-state index in [1.165, 1.54) is 18.2 Å². The van der Waals surface area contributed by atoms with Crippen molar-refractivity contribution in [3.8, 4) is 0 Å². The van der Waals surface area contributed by atoms with Gasteiger partial charge < -0.3 is 5.21 Å². The number of halogens is 3. The molecule has 2 aromatic rings. The van der Waals surface area contributed by atoms with E-state index >= 15 is 0 Å². The van der Waals surface area contributed by atoms with Crippen molar-refractivity contribution in [3.63, 3.8) is 0 Å². The second kappa shape index (κ2) is 4.99. The molecular weight excluding hydrogens is 273 g/mol. The van der Waals surface area contributed by atoms with Gasteiger partial charge in [-0.05, 0) is 17.7 Å². The average molecular weight is 284 g/mol. The van der Waals surface area contributed by atoms with Crippen LogP contribution in [0.3, 0.4) is 0 Å². The maximum atomic E-state index is 12.6. The van der Waals surface area contributed by atoms with E-state index in [9.17, 15) is 23.2 Å². The van der Waals surface area contributed by atoms with Crippen LogP contribution in [0.2, 0.25) is 0 Å². The maximum absolute atomic E-state index is 12.6. The Morgan fingerprint density at radius 1 is 1.25 bits per heavy atom. The molecule has 0 bridgehead atoms. The molecule has 0 aliphatic rings. The number of rotatable bonds is 2. The Labute approximate surface area is 112 Å². The number of hydrogen-bond acceptors (Lipinski definition) is 3. The van der Waals surface area contributed by atoms with E-state index < -0.39 is 23.2 Å². The lowest BCUT2D eigenvalue weighted by molar-refractivity contribution is -0.137. The van der Waals surface area contributed by atoms with Crippen molar-refractivity contribution in [1.82, 2.24) is 9.94 Å². The summed E-state index contributed by atoms with van der Waals surface area (Å²) >= 11 is 0. The van der Waals surface area contributed by atoms with E-state index in [0.717, 1.165) is 18.2 Å². The SMILES string of the molecule is CC(c1cccc(C(F)(F)F)c1)c1ccc(=O)n(O)n1. The molecule has 1 unspecified atom stereocenters. The molecule has 7 heteroatoms. The highest BCUT2D eigenvalue weighted by Crippen LogP contribution is 2.32. The van der Waals surface area contributed by atoms with Crippen molar-refractivity contribution >= 4 is 0 Å². The van der Waals surface area contributed by atoms with Crippen LogP contribution in [-0.2, 0) is 6.18 Å². The average Bonchev–Trinajstić information content (AvgIpc) is 2.40. The summed E-state index contributed by atoms with van der Waals surface area (Å²) in [5.41, 5.74) is -0.762. The highest BCUT2D eigenvalue weighted by atomic mass is 19.4. The number of nitrogens with zero attached hydrogens (tertiary/aromatic N) is 2. The molecule has 1 aromatic carbocycles. The third-order valence-electron chi connectivity index (χ3n) is 2.96. The van der Waals surface area contributed by atoms with Crippen LogP contribution < -0.4 is 5.56 Å². The van der Waals surface area contributed by atoms with Crippen LogP contribution in [0.15, 0.2) is 41.2 Å². The quantitative estimate of drug-likeness (QED) is 0.863. The van der Waals surface area contributed by atoms with E-state index in [2.05, 4.69) is 5.10 Å². The van der Waals surface area contributed by atoms with Crippen molar-refractivity contribution in [3.05, 3.63) is 63.6 Å². The molecule has 0 spiro atoms. The number of alkyl halides is 3. The lowest BCUT2D eigenvalue weighted by Crippen LogP contribution is -2.21. The lowest BCUT2D eigenvalue weighted by atomic mass is 9.96. The van der Waals surface area contributed by atoms with Gasteiger partial charge in [0.2, 0.25) is 0 Å². The Morgan fingerprint density at radius 2 is 1.95 bits per heavy atom. The summed E-state index contributed by atoms with van der Waals surface area (Å²) < 4.78 is 37.9. The zero-order chi connectivity index (χ0) is 14.9. The highest BCUT2D eigenvalue weighted by Gasteiger charge is 2.30. The first-order valence-electron chi connectivity index (χ1n) is 5.76. The molecule has 1 heterocycles. The first-order chi connectivity index (χ1) is 9.29. The molecule has 1 aromatic heterocycles. The molecule has 106 valence electrons. The molecule has 0 saturated carbocycles. The Morgan fingerprint density at radius 3 is 2.55 bits per heavy atom. The predicted octanol–water partition coefficient (Wildman–Crippen LogP) is 2.65.